The molecule has 1 unspecified atom stereocenters. The molecule has 0 radical (unpaired) electrons. The summed E-state index contributed by atoms with van der Waals surface area (Å²) in [5.41, 5.74) is 1.93. The molecule has 5 heteroatoms. The number of carbonyl (C=O) groups is 1. The lowest BCUT2D eigenvalue weighted by molar-refractivity contribution is -0.150. The second kappa shape index (κ2) is 4.86. The van der Waals surface area contributed by atoms with Gasteiger partial charge >= 0.3 is 5.97 Å². The molecule has 0 aliphatic carbocycles. The summed E-state index contributed by atoms with van der Waals surface area (Å²) >= 11 is 0. The van der Waals surface area contributed by atoms with Gasteiger partial charge in [0.1, 0.15) is 5.75 Å². The molecule has 0 amide bonds. The number of methoxy groups -OCH3 is 1. The summed E-state index contributed by atoms with van der Waals surface area (Å²) in [5, 5.41) is 20.0. The van der Waals surface area contributed by atoms with Crippen molar-refractivity contribution in [2.24, 2.45) is 0 Å². The van der Waals surface area contributed by atoms with E-state index in [1.807, 2.05) is 18.0 Å². The fourth-order valence-electron chi connectivity index (χ4n) is 2.32. The van der Waals surface area contributed by atoms with Gasteiger partial charge in [0.05, 0.1) is 7.11 Å². The number of anilines is 1. The van der Waals surface area contributed by atoms with Crippen LogP contribution in [0.25, 0.3) is 0 Å². The third kappa shape index (κ3) is 2.01. The second-order valence-corrected chi connectivity index (χ2v) is 4.45. The number of esters is 1. The summed E-state index contributed by atoms with van der Waals surface area (Å²) in [6, 6.07) is 3.38. The monoisotopic (exact) mass is 251 g/mol. The second-order valence-electron chi connectivity index (χ2n) is 4.45. The van der Waals surface area contributed by atoms with E-state index in [9.17, 15) is 15.0 Å². The van der Waals surface area contributed by atoms with Crippen molar-refractivity contribution in [3.63, 3.8) is 0 Å². The first kappa shape index (κ1) is 12.7. The van der Waals surface area contributed by atoms with Crippen molar-refractivity contribution >= 4 is 11.7 Å². The number of fused-ring (bicyclic) bond motifs is 1. The summed E-state index contributed by atoms with van der Waals surface area (Å²) in [6.07, 6.45) is 0.245. The van der Waals surface area contributed by atoms with Crippen LogP contribution in [-0.2, 0) is 16.0 Å². The Morgan fingerprint density at radius 3 is 2.89 bits per heavy atom. The lowest BCUT2D eigenvalue weighted by Crippen LogP contribution is -2.25. The van der Waals surface area contributed by atoms with E-state index in [1.54, 1.807) is 6.07 Å². The molecule has 98 valence electrons. The quantitative estimate of drug-likeness (QED) is 0.767. The van der Waals surface area contributed by atoms with E-state index in [0.717, 1.165) is 30.6 Å². The minimum absolute atomic E-state index is 0.00282. The van der Waals surface area contributed by atoms with Crippen molar-refractivity contribution in [3.05, 3.63) is 23.3 Å². The molecule has 2 N–H and O–H groups in total. The first-order valence-corrected chi connectivity index (χ1v) is 5.88. The summed E-state index contributed by atoms with van der Waals surface area (Å²) in [7, 11) is 3.16. The number of phenolic OH excluding ortho intramolecular Hbond substituents is 1. The van der Waals surface area contributed by atoms with Gasteiger partial charge in [-0.25, -0.2) is 4.79 Å². The Hall–Kier alpha value is -1.75. The van der Waals surface area contributed by atoms with E-state index >= 15 is 0 Å². The summed E-state index contributed by atoms with van der Waals surface area (Å²) in [4.78, 5) is 13.4. The molecule has 5 nitrogen and oxygen atoms in total. The molecule has 1 aromatic carbocycles. The molecular formula is C13H17NO4. The van der Waals surface area contributed by atoms with Gasteiger partial charge in [-0.1, -0.05) is 6.07 Å². The Bertz CT molecular complexity index is 472. The number of aromatic hydroxyl groups is 1. The van der Waals surface area contributed by atoms with Crippen LogP contribution in [0.1, 0.15) is 23.7 Å². The normalized spacial score (nSPS) is 16.1. The van der Waals surface area contributed by atoms with Crippen LogP contribution in [0.2, 0.25) is 0 Å². The van der Waals surface area contributed by atoms with Crippen LogP contribution in [0.3, 0.4) is 0 Å². The first-order chi connectivity index (χ1) is 8.56. The first-order valence-electron chi connectivity index (χ1n) is 5.88. The van der Waals surface area contributed by atoms with Crippen LogP contribution in [0.4, 0.5) is 5.69 Å². The molecule has 0 saturated heterocycles. The molecule has 18 heavy (non-hydrogen) atoms. The van der Waals surface area contributed by atoms with Crippen molar-refractivity contribution in [2.45, 2.75) is 18.9 Å². The number of aliphatic hydroxyl groups excluding tert-OH is 1. The number of carbonyl (C=O) groups excluding carboxylic acids is 1. The molecular weight excluding hydrogens is 234 g/mol. The molecule has 1 aliphatic rings. The Morgan fingerprint density at radius 2 is 2.22 bits per heavy atom. The molecule has 0 spiro atoms. The van der Waals surface area contributed by atoms with Crippen molar-refractivity contribution < 1.29 is 19.7 Å². The molecule has 0 aromatic heterocycles. The highest BCUT2D eigenvalue weighted by atomic mass is 16.5. The fraction of sp³-hybridized carbons (Fsp3) is 0.462. The maximum Gasteiger partial charge on any atom is 0.339 e. The van der Waals surface area contributed by atoms with E-state index in [-0.39, 0.29) is 11.3 Å². The van der Waals surface area contributed by atoms with Gasteiger partial charge in [-0.3, -0.25) is 0 Å². The highest BCUT2D eigenvalue weighted by Gasteiger charge is 2.26. The van der Waals surface area contributed by atoms with Gasteiger partial charge in [-0.05, 0) is 18.9 Å². The molecule has 1 atom stereocenters. The van der Waals surface area contributed by atoms with Gasteiger partial charge in [0.15, 0.2) is 6.10 Å². The van der Waals surface area contributed by atoms with Gasteiger partial charge in [0.2, 0.25) is 0 Å². The molecule has 1 aliphatic heterocycles. The maximum absolute atomic E-state index is 11.3. The Balaban J connectivity index is 2.43. The number of ether oxygens (including phenoxy) is 1. The third-order valence-corrected chi connectivity index (χ3v) is 3.34. The minimum Gasteiger partial charge on any atom is -0.507 e. The molecule has 1 heterocycles. The molecule has 0 bridgehead atoms. The van der Waals surface area contributed by atoms with E-state index in [0.29, 0.717) is 0 Å². The topological polar surface area (TPSA) is 70.0 Å². The molecule has 0 fully saturated rings. The smallest absolute Gasteiger partial charge is 0.339 e. The van der Waals surface area contributed by atoms with E-state index < -0.39 is 12.1 Å². The average molecular weight is 251 g/mol. The van der Waals surface area contributed by atoms with Gasteiger partial charge in [0, 0.05) is 30.4 Å². The number of nitrogens with zero attached hydrogens (tertiary/aromatic N) is 1. The van der Waals surface area contributed by atoms with Crippen LogP contribution in [0.15, 0.2) is 12.1 Å². The fourth-order valence-corrected chi connectivity index (χ4v) is 2.32. The summed E-state index contributed by atoms with van der Waals surface area (Å²) in [5.74, 6) is -0.772. The lowest BCUT2D eigenvalue weighted by atomic mass is 9.96. The van der Waals surface area contributed by atoms with E-state index in [1.165, 1.54) is 7.11 Å². The zero-order chi connectivity index (χ0) is 13.3. The van der Waals surface area contributed by atoms with Gasteiger partial charge in [-0.15, -0.1) is 0 Å². The molecule has 0 saturated carbocycles. The Morgan fingerprint density at radius 1 is 1.50 bits per heavy atom. The van der Waals surface area contributed by atoms with Crippen molar-refractivity contribution in [1.82, 2.24) is 0 Å². The summed E-state index contributed by atoms with van der Waals surface area (Å²) in [6.45, 7) is 0.936. The van der Waals surface area contributed by atoms with Crippen LogP contribution in [-0.4, -0.2) is 36.9 Å². The highest BCUT2D eigenvalue weighted by Crippen LogP contribution is 2.38. The van der Waals surface area contributed by atoms with Crippen molar-refractivity contribution in [1.29, 1.82) is 0 Å². The van der Waals surface area contributed by atoms with Crippen LogP contribution in [0.5, 0.6) is 5.75 Å². The van der Waals surface area contributed by atoms with E-state index in [2.05, 4.69) is 4.74 Å². The predicted molar refractivity (Wildman–Crippen MR) is 66.7 cm³/mol. The van der Waals surface area contributed by atoms with Gasteiger partial charge < -0.3 is 19.8 Å². The molecule has 2 rings (SSSR count). The zero-order valence-corrected chi connectivity index (χ0v) is 10.5. The van der Waals surface area contributed by atoms with E-state index in [4.69, 9.17) is 0 Å². The van der Waals surface area contributed by atoms with Crippen molar-refractivity contribution in [2.75, 3.05) is 25.6 Å². The standard InChI is InChI=1S/C13H17NO4/c1-14-7-3-4-8-10(14)6-5-9(11(8)15)12(16)13(17)18-2/h5-6,12,15-16H,3-4,7H2,1-2H3. The average Bonchev–Trinajstić information content (AvgIpc) is 2.38. The third-order valence-electron chi connectivity index (χ3n) is 3.34. The number of hydrogen-bond acceptors (Lipinski definition) is 5. The number of aliphatic hydroxyl groups is 1. The lowest BCUT2D eigenvalue weighted by Gasteiger charge is -2.29. The Kier molecular flexibility index (Phi) is 3.43. The maximum atomic E-state index is 11.3. The van der Waals surface area contributed by atoms with Crippen molar-refractivity contribution in [3.8, 4) is 5.75 Å². The molecule has 1 aromatic rings. The largest absolute Gasteiger partial charge is 0.507 e. The summed E-state index contributed by atoms with van der Waals surface area (Å²) < 4.78 is 4.48. The van der Waals surface area contributed by atoms with Crippen LogP contribution in [0, 0.1) is 0 Å². The number of phenols is 1. The van der Waals surface area contributed by atoms with Gasteiger partial charge in [0.25, 0.3) is 0 Å². The Labute approximate surface area is 106 Å². The highest BCUT2D eigenvalue weighted by molar-refractivity contribution is 5.78. The SMILES string of the molecule is COC(=O)C(O)c1ccc2c(c1O)CCCN2C. The van der Waals surface area contributed by atoms with Crippen LogP contribution < -0.4 is 4.90 Å². The number of hydrogen-bond donors (Lipinski definition) is 2. The number of benzene rings is 1. The minimum atomic E-state index is -1.44. The zero-order valence-electron chi connectivity index (χ0n) is 10.5. The van der Waals surface area contributed by atoms with Gasteiger partial charge in [-0.2, -0.15) is 0 Å². The predicted octanol–water partition coefficient (Wildman–Crippen LogP) is 0.981. The number of rotatable bonds is 2. The van der Waals surface area contributed by atoms with Crippen LogP contribution >= 0.6 is 0 Å².